The van der Waals surface area contributed by atoms with Gasteiger partial charge in [-0.3, -0.25) is 15.0 Å². The summed E-state index contributed by atoms with van der Waals surface area (Å²) in [6.07, 6.45) is 0. The van der Waals surface area contributed by atoms with Crippen molar-refractivity contribution in [3.8, 4) is 0 Å². The first-order valence-electron chi connectivity index (χ1n) is 9.23. The molecule has 3 rings (SSSR count). The molecule has 2 aromatic rings. The van der Waals surface area contributed by atoms with E-state index in [1.807, 2.05) is 11.4 Å². The first-order valence-corrected chi connectivity index (χ1v) is 11.6. The molecule has 1 aromatic carbocycles. The van der Waals surface area contributed by atoms with Gasteiger partial charge in [0, 0.05) is 43.7 Å². The Balaban J connectivity index is 1.83. The number of hydrogen-bond donors (Lipinski definition) is 2. The minimum Gasteiger partial charge on any atom is -0.378 e. The Morgan fingerprint density at radius 3 is 2.55 bits per heavy atom. The van der Waals surface area contributed by atoms with Crippen LogP contribution < -0.4 is 10.0 Å². The van der Waals surface area contributed by atoms with E-state index < -0.39 is 14.9 Å². The van der Waals surface area contributed by atoms with Gasteiger partial charge in [0.15, 0.2) is 0 Å². The van der Waals surface area contributed by atoms with Crippen molar-refractivity contribution >= 4 is 32.7 Å². The van der Waals surface area contributed by atoms with Crippen molar-refractivity contribution in [2.45, 2.75) is 10.9 Å². The number of nitro groups is 1. The predicted octanol–water partition coefficient (Wildman–Crippen LogP) is 1.96. The van der Waals surface area contributed by atoms with Crippen molar-refractivity contribution < 1.29 is 13.3 Å². The molecule has 0 bridgehead atoms. The molecule has 0 radical (unpaired) electrons. The Labute approximate surface area is 174 Å². The fraction of sp³-hybridized carbons (Fsp3) is 0.444. The molecule has 0 unspecified atom stereocenters. The molecule has 158 valence electrons. The summed E-state index contributed by atoms with van der Waals surface area (Å²) in [5.41, 5.74) is 0.0466. The van der Waals surface area contributed by atoms with E-state index in [1.165, 1.54) is 24.1 Å². The number of rotatable bonds is 8. The number of thiophene rings is 1. The predicted molar refractivity (Wildman–Crippen MR) is 114 cm³/mol. The Morgan fingerprint density at radius 1 is 1.24 bits per heavy atom. The average Bonchev–Trinajstić information content (AvgIpc) is 3.24. The maximum atomic E-state index is 12.0. The molecule has 0 aliphatic carbocycles. The molecular formula is C18H25N5O4S2. The number of benzene rings is 1. The number of sulfonamides is 1. The first-order chi connectivity index (χ1) is 13.8. The molecule has 1 atom stereocenters. The lowest BCUT2D eigenvalue weighted by Gasteiger charge is -2.37. The van der Waals surface area contributed by atoms with E-state index in [1.54, 1.807) is 11.3 Å². The van der Waals surface area contributed by atoms with Gasteiger partial charge in [-0.05, 0) is 37.7 Å². The van der Waals surface area contributed by atoms with Crippen LogP contribution in [0.1, 0.15) is 10.9 Å². The van der Waals surface area contributed by atoms with E-state index in [0.717, 1.165) is 32.2 Å². The van der Waals surface area contributed by atoms with Crippen LogP contribution >= 0.6 is 11.3 Å². The summed E-state index contributed by atoms with van der Waals surface area (Å²) < 4.78 is 26.1. The Morgan fingerprint density at radius 2 is 1.97 bits per heavy atom. The van der Waals surface area contributed by atoms with E-state index in [4.69, 9.17) is 0 Å². The van der Waals surface area contributed by atoms with Gasteiger partial charge in [0.2, 0.25) is 10.0 Å². The normalized spacial score (nSPS) is 17.2. The van der Waals surface area contributed by atoms with Crippen LogP contribution in [0.2, 0.25) is 0 Å². The zero-order valence-electron chi connectivity index (χ0n) is 16.4. The lowest BCUT2D eigenvalue weighted by molar-refractivity contribution is -0.384. The second-order valence-corrected chi connectivity index (χ2v) is 9.76. The molecule has 2 N–H and O–H groups in total. The minimum atomic E-state index is -3.75. The smallest absolute Gasteiger partial charge is 0.293 e. The van der Waals surface area contributed by atoms with Gasteiger partial charge in [0.05, 0.1) is 15.9 Å². The van der Waals surface area contributed by atoms with Crippen molar-refractivity contribution in [2.24, 2.45) is 0 Å². The quantitative estimate of drug-likeness (QED) is 0.478. The van der Waals surface area contributed by atoms with E-state index in [-0.39, 0.29) is 16.6 Å². The van der Waals surface area contributed by atoms with Gasteiger partial charge in [-0.1, -0.05) is 6.07 Å². The highest BCUT2D eigenvalue weighted by molar-refractivity contribution is 7.89. The van der Waals surface area contributed by atoms with Crippen LogP contribution in [0.15, 0.2) is 40.6 Å². The molecule has 0 amide bonds. The second kappa shape index (κ2) is 9.18. The second-order valence-electron chi connectivity index (χ2n) is 6.89. The summed E-state index contributed by atoms with van der Waals surface area (Å²) in [6.45, 7) is 4.27. The van der Waals surface area contributed by atoms with Crippen molar-refractivity contribution in [1.29, 1.82) is 0 Å². The molecule has 0 saturated carbocycles. The van der Waals surface area contributed by atoms with Crippen LogP contribution in [-0.4, -0.2) is 70.0 Å². The molecule has 1 fully saturated rings. The van der Waals surface area contributed by atoms with E-state index in [9.17, 15) is 18.5 Å². The zero-order chi connectivity index (χ0) is 21.0. The molecule has 1 aliphatic rings. The van der Waals surface area contributed by atoms with Crippen LogP contribution in [0.5, 0.6) is 0 Å². The molecular weight excluding hydrogens is 414 g/mol. The SMILES string of the molecule is CNS(=O)(=O)c1ccc(NC[C@H](c2cccs2)N2CCN(C)CC2)c([N+](=O)[O-])c1. The van der Waals surface area contributed by atoms with Gasteiger partial charge in [-0.2, -0.15) is 0 Å². The number of nitrogens with zero attached hydrogens (tertiary/aromatic N) is 3. The number of anilines is 1. The summed E-state index contributed by atoms with van der Waals surface area (Å²) in [4.78, 5) is 16.7. The molecule has 1 saturated heterocycles. The first kappa shape index (κ1) is 21.7. The Hall–Kier alpha value is -2.05. The van der Waals surface area contributed by atoms with Crippen molar-refractivity contribution in [3.05, 3.63) is 50.7 Å². The van der Waals surface area contributed by atoms with Gasteiger partial charge in [0.25, 0.3) is 5.69 Å². The van der Waals surface area contributed by atoms with E-state index >= 15 is 0 Å². The standard InChI is InChI=1S/C18H25N5O4S2/c1-19-29(26,27)14-5-6-15(16(12-14)23(24)25)20-13-17(18-4-3-11-28-18)22-9-7-21(2)8-10-22/h3-6,11-12,17,19-20H,7-10,13H2,1-2H3/t17-/m1/s1. The highest BCUT2D eigenvalue weighted by atomic mass is 32.2. The fourth-order valence-corrected chi connectivity index (χ4v) is 4.94. The highest BCUT2D eigenvalue weighted by Gasteiger charge is 2.26. The third kappa shape index (κ3) is 5.11. The molecule has 0 spiro atoms. The zero-order valence-corrected chi connectivity index (χ0v) is 18.0. The summed E-state index contributed by atoms with van der Waals surface area (Å²) in [5.74, 6) is 0. The molecule has 11 heteroatoms. The largest absolute Gasteiger partial charge is 0.378 e. The summed E-state index contributed by atoms with van der Waals surface area (Å²) in [5, 5.41) is 16.7. The molecule has 1 aromatic heterocycles. The van der Waals surface area contributed by atoms with Crippen molar-refractivity contribution in [1.82, 2.24) is 14.5 Å². The van der Waals surface area contributed by atoms with Gasteiger partial charge in [-0.15, -0.1) is 11.3 Å². The summed E-state index contributed by atoms with van der Waals surface area (Å²) in [7, 11) is -0.384. The molecule has 1 aliphatic heterocycles. The monoisotopic (exact) mass is 439 g/mol. The molecule has 2 heterocycles. The highest BCUT2D eigenvalue weighted by Crippen LogP contribution is 2.31. The maximum Gasteiger partial charge on any atom is 0.293 e. The number of hydrogen-bond acceptors (Lipinski definition) is 8. The summed E-state index contributed by atoms with van der Waals surface area (Å²) >= 11 is 1.66. The topological polar surface area (TPSA) is 108 Å². The van der Waals surface area contributed by atoms with Gasteiger partial charge < -0.3 is 10.2 Å². The van der Waals surface area contributed by atoms with Crippen molar-refractivity contribution in [3.63, 3.8) is 0 Å². The average molecular weight is 440 g/mol. The van der Waals surface area contributed by atoms with Crippen LogP contribution in [-0.2, 0) is 10.0 Å². The van der Waals surface area contributed by atoms with Crippen LogP contribution in [0.3, 0.4) is 0 Å². The van der Waals surface area contributed by atoms with Gasteiger partial charge in [0.1, 0.15) is 5.69 Å². The van der Waals surface area contributed by atoms with Gasteiger partial charge >= 0.3 is 0 Å². The van der Waals surface area contributed by atoms with Crippen molar-refractivity contribution in [2.75, 3.05) is 52.1 Å². The summed E-state index contributed by atoms with van der Waals surface area (Å²) in [6, 6.07) is 8.08. The molecule has 9 nitrogen and oxygen atoms in total. The maximum absolute atomic E-state index is 12.0. The van der Waals surface area contributed by atoms with Crippen LogP contribution in [0, 0.1) is 10.1 Å². The third-order valence-corrected chi connectivity index (χ3v) is 7.47. The van der Waals surface area contributed by atoms with Gasteiger partial charge in [-0.25, -0.2) is 13.1 Å². The number of nitro benzene ring substituents is 1. The minimum absolute atomic E-state index is 0.0871. The number of nitrogens with one attached hydrogen (secondary N) is 2. The molecule has 29 heavy (non-hydrogen) atoms. The number of piperazine rings is 1. The Kier molecular flexibility index (Phi) is 6.85. The van der Waals surface area contributed by atoms with E-state index in [0.29, 0.717) is 12.2 Å². The van der Waals surface area contributed by atoms with Crippen LogP contribution in [0.25, 0.3) is 0 Å². The number of likely N-dealkylation sites (N-methyl/N-ethyl adjacent to an activating group) is 1. The lowest BCUT2D eigenvalue weighted by Crippen LogP contribution is -2.47. The van der Waals surface area contributed by atoms with E-state index in [2.05, 4.69) is 33.0 Å². The third-order valence-electron chi connectivity index (χ3n) is 5.08. The Bertz CT molecular complexity index is 941. The fourth-order valence-electron chi connectivity index (χ4n) is 3.33. The lowest BCUT2D eigenvalue weighted by atomic mass is 10.1. The van der Waals surface area contributed by atoms with Crippen LogP contribution in [0.4, 0.5) is 11.4 Å².